The van der Waals surface area contributed by atoms with E-state index in [0.29, 0.717) is 15.8 Å². The van der Waals surface area contributed by atoms with Crippen LogP contribution in [0.3, 0.4) is 0 Å². The van der Waals surface area contributed by atoms with E-state index >= 15 is 0 Å². The summed E-state index contributed by atoms with van der Waals surface area (Å²) in [5.41, 5.74) is 3.20. The SMILES string of the molecule is Cc1ccc(SCc2nnc(SCc3c(Cl)cccc3Cl)n2-c2ccccc2)cc1. The van der Waals surface area contributed by atoms with Gasteiger partial charge in [0.25, 0.3) is 0 Å². The van der Waals surface area contributed by atoms with Gasteiger partial charge in [0.1, 0.15) is 5.82 Å². The third kappa shape index (κ3) is 5.03. The third-order valence-corrected chi connectivity index (χ3v) is 7.18. The van der Waals surface area contributed by atoms with E-state index in [-0.39, 0.29) is 0 Å². The second-order valence-corrected chi connectivity index (χ2v) is 9.47. The van der Waals surface area contributed by atoms with Crippen molar-refractivity contribution in [2.45, 2.75) is 28.5 Å². The zero-order valence-corrected chi connectivity index (χ0v) is 19.4. The molecular weight excluding hydrogens is 453 g/mol. The Bertz CT molecular complexity index is 1110. The molecule has 0 aliphatic carbocycles. The summed E-state index contributed by atoms with van der Waals surface area (Å²) >= 11 is 16.0. The highest BCUT2D eigenvalue weighted by Gasteiger charge is 2.16. The smallest absolute Gasteiger partial charge is 0.196 e. The van der Waals surface area contributed by atoms with Gasteiger partial charge in [-0.1, -0.05) is 76.9 Å². The van der Waals surface area contributed by atoms with E-state index in [2.05, 4.69) is 58.1 Å². The summed E-state index contributed by atoms with van der Waals surface area (Å²) in [7, 11) is 0. The summed E-state index contributed by atoms with van der Waals surface area (Å²) in [6.07, 6.45) is 0. The van der Waals surface area contributed by atoms with E-state index in [1.807, 2.05) is 36.4 Å². The van der Waals surface area contributed by atoms with Gasteiger partial charge in [-0.25, -0.2) is 0 Å². The van der Waals surface area contributed by atoms with Crippen molar-refractivity contribution in [1.82, 2.24) is 14.8 Å². The summed E-state index contributed by atoms with van der Waals surface area (Å²) < 4.78 is 2.11. The molecule has 0 unspecified atom stereocenters. The lowest BCUT2D eigenvalue weighted by molar-refractivity contribution is 0.864. The molecule has 1 heterocycles. The number of benzene rings is 3. The van der Waals surface area contributed by atoms with E-state index in [4.69, 9.17) is 23.2 Å². The Hall–Kier alpha value is -1.92. The first-order valence-corrected chi connectivity index (χ1v) is 12.1. The van der Waals surface area contributed by atoms with Gasteiger partial charge in [-0.15, -0.1) is 22.0 Å². The number of thioether (sulfide) groups is 2. The van der Waals surface area contributed by atoms with Crippen molar-refractivity contribution in [1.29, 1.82) is 0 Å². The Morgan fingerprint density at radius 1 is 0.767 bits per heavy atom. The first-order valence-electron chi connectivity index (χ1n) is 9.36. The van der Waals surface area contributed by atoms with Crippen LogP contribution in [0.4, 0.5) is 0 Å². The summed E-state index contributed by atoms with van der Waals surface area (Å²) in [5, 5.41) is 11.1. The third-order valence-electron chi connectivity index (χ3n) is 4.51. The number of aryl methyl sites for hydroxylation is 1. The van der Waals surface area contributed by atoms with E-state index < -0.39 is 0 Å². The topological polar surface area (TPSA) is 30.7 Å². The highest BCUT2D eigenvalue weighted by molar-refractivity contribution is 7.98. The van der Waals surface area contributed by atoms with Crippen LogP contribution >= 0.6 is 46.7 Å². The fourth-order valence-corrected chi connectivity index (χ4v) is 5.44. The molecule has 0 aliphatic heterocycles. The molecule has 0 spiro atoms. The van der Waals surface area contributed by atoms with Crippen LogP contribution in [0.5, 0.6) is 0 Å². The Morgan fingerprint density at radius 3 is 2.17 bits per heavy atom. The van der Waals surface area contributed by atoms with Gasteiger partial charge in [0, 0.05) is 26.4 Å². The first-order chi connectivity index (χ1) is 14.6. The van der Waals surface area contributed by atoms with Crippen LogP contribution in [0.1, 0.15) is 17.0 Å². The molecule has 7 heteroatoms. The Morgan fingerprint density at radius 2 is 1.47 bits per heavy atom. The second kappa shape index (κ2) is 9.92. The van der Waals surface area contributed by atoms with Crippen molar-refractivity contribution in [3.05, 3.63) is 99.8 Å². The Kier molecular flexibility index (Phi) is 7.05. The van der Waals surface area contributed by atoms with Crippen molar-refractivity contribution in [2.24, 2.45) is 0 Å². The summed E-state index contributed by atoms with van der Waals surface area (Å²) in [4.78, 5) is 1.21. The highest BCUT2D eigenvalue weighted by Crippen LogP contribution is 2.33. The average molecular weight is 472 g/mol. The lowest BCUT2D eigenvalue weighted by Crippen LogP contribution is -2.02. The van der Waals surface area contributed by atoms with Crippen molar-refractivity contribution in [2.75, 3.05) is 0 Å². The van der Waals surface area contributed by atoms with Crippen LogP contribution in [-0.4, -0.2) is 14.8 Å². The predicted molar refractivity (Wildman–Crippen MR) is 128 cm³/mol. The van der Waals surface area contributed by atoms with Gasteiger partial charge >= 0.3 is 0 Å². The van der Waals surface area contributed by atoms with Gasteiger partial charge < -0.3 is 0 Å². The highest BCUT2D eigenvalue weighted by atomic mass is 35.5. The molecule has 0 bridgehead atoms. The molecule has 0 aliphatic rings. The van der Waals surface area contributed by atoms with Crippen LogP contribution in [0, 0.1) is 6.92 Å². The van der Waals surface area contributed by atoms with Crippen LogP contribution in [-0.2, 0) is 11.5 Å². The average Bonchev–Trinajstić information content (AvgIpc) is 3.16. The second-order valence-electron chi connectivity index (χ2n) is 6.66. The van der Waals surface area contributed by atoms with Crippen LogP contribution in [0.25, 0.3) is 5.69 Å². The summed E-state index contributed by atoms with van der Waals surface area (Å²) in [5.74, 6) is 2.24. The van der Waals surface area contributed by atoms with Crippen LogP contribution in [0.15, 0.2) is 82.8 Å². The van der Waals surface area contributed by atoms with Crippen molar-refractivity contribution in [3.63, 3.8) is 0 Å². The fourth-order valence-electron chi connectivity index (χ4n) is 2.91. The van der Waals surface area contributed by atoms with Gasteiger partial charge in [0.15, 0.2) is 5.16 Å². The molecule has 152 valence electrons. The lowest BCUT2D eigenvalue weighted by Gasteiger charge is -2.11. The molecule has 3 nitrogen and oxygen atoms in total. The van der Waals surface area contributed by atoms with Gasteiger partial charge in [0.2, 0.25) is 0 Å². The quantitative estimate of drug-likeness (QED) is 0.261. The molecule has 4 aromatic rings. The molecule has 1 aromatic heterocycles. The minimum absolute atomic E-state index is 0.620. The Labute approximate surface area is 194 Å². The monoisotopic (exact) mass is 471 g/mol. The molecule has 0 amide bonds. The molecule has 4 rings (SSSR count). The maximum Gasteiger partial charge on any atom is 0.196 e. The van der Waals surface area contributed by atoms with Crippen molar-refractivity contribution < 1.29 is 0 Å². The summed E-state index contributed by atoms with van der Waals surface area (Å²) in [6, 6.07) is 24.3. The zero-order chi connectivity index (χ0) is 20.9. The summed E-state index contributed by atoms with van der Waals surface area (Å²) in [6.45, 7) is 2.09. The van der Waals surface area contributed by atoms with E-state index in [1.165, 1.54) is 10.5 Å². The minimum Gasteiger partial charge on any atom is -0.273 e. The number of aromatic nitrogens is 3. The molecule has 0 saturated carbocycles. The maximum absolute atomic E-state index is 6.34. The van der Waals surface area contributed by atoms with Crippen molar-refractivity contribution in [3.8, 4) is 5.69 Å². The lowest BCUT2D eigenvalue weighted by atomic mass is 10.2. The molecule has 3 aromatic carbocycles. The molecule has 0 fully saturated rings. The molecular formula is C23H19Cl2N3S2. The number of hydrogen-bond donors (Lipinski definition) is 0. The number of hydrogen-bond acceptors (Lipinski definition) is 4. The number of para-hydroxylation sites is 1. The molecule has 30 heavy (non-hydrogen) atoms. The number of rotatable bonds is 7. The largest absolute Gasteiger partial charge is 0.273 e. The molecule has 0 saturated heterocycles. The number of nitrogens with zero attached hydrogens (tertiary/aromatic N) is 3. The van der Waals surface area contributed by atoms with E-state index in [0.717, 1.165) is 28.0 Å². The Balaban J connectivity index is 1.60. The standard InChI is InChI=1S/C23H19Cl2N3S2/c1-16-10-12-18(13-11-16)29-15-22-26-27-23(28(22)17-6-3-2-4-7-17)30-14-19-20(24)8-5-9-21(19)25/h2-13H,14-15H2,1H3. The van der Waals surface area contributed by atoms with Crippen LogP contribution < -0.4 is 0 Å². The predicted octanol–water partition coefficient (Wildman–Crippen LogP) is 7.47. The van der Waals surface area contributed by atoms with Gasteiger partial charge in [-0.2, -0.15) is 0 Å². The first kappa shape index (κ1) is 21.3. The van der Waals surface area contributed by atoms with Crippen molar-refractivity contribution >= 4 is 46.7 Å². The number of halogens is 2. The van der Waals surface area contributed by atoms with E-state index in [1.54, 1.807) is 23.5 Å². The van der Waals surface area contributed by atoms with Crippen LogP contribution in [0.2, 0.25) is 10.0 Å². The van der Waals surface area contributed by atoms with Gasteiger partial charge in [0.05, 0.1) is 5.75 Å². The fraction of sp³-hybridized carbons (Fsp3) is 0.130. The molecule has 0 radical (unpaired) electrons. The van der Waals surface area contributed by atoms with E-state index in [9.17, 15) is 0 Å². The normalized spacial score (nSPS) is 11.0. The van der Waals surface area contributed by atoms with Gasteiger partial charge in [-0.05, 0) is 48.9 Å². The molecule has 0 atom stereocenters. The minimum atomic E-state index is 0.620. The maximum atomic E-state index is 6.34. The molecule has 0 N–H and O–H groups in total. The zero-order valence-electron chi connectivity index (χ0n) is 16.3. The van der Waals surface area contributed by atoms with Gasteiger partial charge in [-0.3, -0.25) is 4.57 Å².